The van der Waals surface area contributed by atoms with Gasteiger partial charge in [0.05, 0.1) is 0 Å². The number of nitrogens with one attached hydrogen (secondary N) is 1. The fourth-order valence-electron chi connectivity index (χ4n) is 1.19. The van der Waals surface area contributed by atoms with Gasteiger partial charge in [-0.05, 0) is 30.7 Å². The van der Waals surface area contributed by atoms with Crippen molar-refractivity contribution in [2.24, 2.45) is 0 Å². The summed E-state index contributed by atoms with van der Waals surface area (Å²) in [6, 6.07) is 8.62. The zero-order valence-corrected chi connectivity index (χ0v) is 8.38. The Labute approximate surface area is 80.1 Å². The van der Waals surface area contributed by atoms with E-state index in [-0.39, 0.29) is 0 Å². The lowest BCUT2D eigenvalue weighted by molar-refractivity contribution is 0.590. The second-order valence-corrected chi connectivity index (χ2v) is 3.60. The van der Waals surface area contributed by atoms with Crippen LogP contribution in [-0.4, -0.2) is 12.6 Å². The SMILES string of the molecule is CC(C)NCCc1ccc(N)cc1. The van der Waals surface area contributed by atoms with Crippen LogP contribution in [0.25, 0.3) is 0 Å². The summed E-state index contributed by atoms with van der Waals surface area (Å²) >= 11 is 0. The maximum atomic E-state index is 5.59. The standard InChI is InChI=1S/C11H18N2/c1-9(2)13-8-7-10-3-5-11(12)6-4-10/h3-6,9,13H,7-8,12H2,1-2H3. The molecule has 0 fully saturated rings. The highest BCUT2D eigenvalue weighted by atomic mass is 14.9. The van der Waals surface area contributed by atoms with Gasteiger partial charge >= 0.3 is 0 Å². The van der Waals surface area contributed by atoms with E-state index in [4.69, 9.17) is 5.73 Å². The highest BCUT2D eigenvalue weighted by molar-refractivity contribution is 5.39. The summed E-state index contributed by atoms with van der Waals surface area (Å²) in [5.74, 6) is 0. The Bertz CT molecular complexity index is 239. The summed E-state index contributed by atoms with van der Waals surface area (Å²) in [5.41, 5.74) is 7.76. The first-order valence-corrected chi connectivity index (χ1v) is 4.76. The monoisotopic (exact) mass is 178 g/mol. The Balaban J connectivity index is 2.33. The Morgan fingerprint density at radius 2 is 1.85 bits per heavy atom. The fourth-order valence-corrected chi connectivity index (χ4v) is 1.19. The summed E-state index contributed by atoms with van der Waals surface area (Å²) in [6.45, 7) is 5.34. The lowest BCUT2D eigenvalue weighted by Crippen LogP contribution is -2.24. The van der Waals surface area contributed by atoms with E-state index in [1.807, 2.05) is 12.1 Å². The van der Waals surface area contributed by atoms with Crippen molar-refractivity contribution >= 4 is 5.69 Å². The third-order valence-electron chi connectivity index (χ3n) is 1.95. The van der Waals surface area contributed by atoms with Crippen LogP contribution in [0.5, 0.6) is 0 Å². The molecule has 0 saturated heterocycles. The molecule has 0 radical (unpaired) electrons. The van der Waals surface area contributed by atoms with Crippen LogP contribution in [-0.2, 0) is 6.42 Å². The third-order valence-corrected chi connectivity index (χ3v) is 1.95. The molecule has 0 unspecified atom stereocenters. The number of hydrogen-bond donors (Lipinski definition) is 2. The molecule has 1 rings (SSSR count). The Hall–Kier alpha value is -1.02. The molecule has 1 aromatic rings. The van der Waals surface area contributed by atoms with Crippen molar-refractivity contribution in [3.8, 4) is 0 Å². The minimum absolute atomic E-state index is 0.564. The Morgan fingerprint density at radius 1 is 1.23 bits per heavy atom. The minimum atomic E-state index is 0.564. The van der Waals surface area contributed by atoms with Gasteiger partial charge in [-0.25, -0.2) is 0 Å². The van der Waals surface area contributed by atoms with Crippen LogP contribution in [0.2, 0.25) is 0 Å². The molecule has 0 heterocycles. The number of nitrogen functional groups attached to an aromatic ring is 1. The molecule has 2 nitrogen and oxygen atoms in total. The second-order valence-electron chi connectivity index (χ2n) is 3.60. The molecule has 0 atom stereocenters. The number of benzene rings is 1. The summed E-state index contributed by atoms with van der Waals surface area (Å²) in [7, 11) is 0. The average Bonchev–Trinajstić information content (AvgIpc) is 2.08. The maximum absolute atomic E-state index is 5.59. The Kier molecular flexibility index (Phi) is 3.77. The van der Waals surface area contributed by atoms with Crippen molar-refractivity contribution in [3.63, 3.8) is 0 Å². The van der Waals surface area contributed by atoms with Crippen molar-refractivity contribution in [2.75, 3.05) is 12.3 Å². The quantitative estimate of drug-likeness (QED) is 0.690. The molecule has 0 aliphatic rings. The smallest absolute Gasteiger partial charge is 0.0314 e. The zero-order valence-electron chi connectivity index (χ0n) is 8.38. The zero-order chi connectivity index (χ0) is 9.68. The van der Waals surface area contributed by atoms with E-state index in [1.54, 1.807) is 0 Å². The molecule has 0 amide bonds. The highest BCUT2D eigenvalue weighted by Gasteiger charge is 1.94. The molecular formula is C11H18N2. The molecule has 0 saturated carbocycles. The molecule has 0 aliphatic heterocycles. The van der Waals surface area contributed by atoms with Gasteiger partial charge in [-0.2, -0.15) is 0 Å². The van der Waals surface area contributed by atoms with Crippen LogP contribution in [0.4, 0.5) is 5.69 Å². The summed E-state index contributed by atoms with van der Waals surface area (Å²) in [5, 5.41) is 3.38. The predicted molar refractivity (Wildman–Crippen MR) is 57.7 cm³/mol. The van der Waals surface area contributed by atoms with Gasteiger partial charge in [-0.1, -0.05) is 26.0 Å². The Morgan fingerprint density at radius 3 is 2.38 bits per heavy atom. The van der Waals surface area contributed by atoms with E-state index in [9.17, 15) is 0 Å². The van der Waals surface area contributed by atoms with E-state index >= 15 is 0 Å². The van der Waals surface area contributed by atoms with Crippen molar-refractivity contribution in [3.05, 3.63) is 29.8 Å². The van der Waals surface area contributed by atoms with E-state index in [2.05, 4.69) is 31.3 Å². The number of anilines is 1. The van der Waals surface area contributed by atoms with Crippen molar-refractivity contribution in [1.29, 1.82) is 0 Å². The second kappa shape index (κ2) is 4.87. The lowest BCUT2D eigenvalue weighted by atomic mass is 10.1. The maximum Gasteiger partial charge on any atom is 0.0314 e. The van der Waals surface area contributed by atoms with E-state index < -0.39 is 0 Å². The molecule has 72 valence electrons. The van der Waals surface area contributed by atoms with Crippen LogP contribution in [0.1, 0.15) is 19.4 Å². The molecule has 3 N–H and O–H groups in total. The molecule has 0 bridgehead atoms. The topological polar surface area (TPSA) is 38.0 Å². The number of rotatable bonds is 4. The van der Waals surface area contributed by atoms with E-state index in [0.717, 1.165) is 18.7 Å². The first-order valence-electron chi connectivity index (χ1n) is 4.76. The van der Waals surface area contributed by atoms with Gasteiger partial charge in [0.15, 0.2) is 0 Å². The molecule has 13 heavy (non-hydrogen) atoms. The molecule has 0 spiro atoms. The minimum Gasteiger partial charge on any atom is -0.399 e. The van der Waals surface area contributed by atoms with Crippen LogP contribution in [0.15, 0.2) is 24.3 Å². The van der Waals surface area contributed by atoms with Crippen molar-refractivity contribution in [1.82, 2.24) is 5.32 Å². The van der Waals surface area contributed by atoms with Crippen LogP contribution >= 0.6 is 0 Å². The van der Waals surface area contributed by atoms with Crippen LogP contribution < -0.4 is 11.1 Å². The molecule has 0 aliphatic carbocycles. The predicted octanol–water partition coefficient (Wildman–Crippen LogP) is 1.81. The fraction of sp³-hybridized carbons (Fsp3) is 0.455. The largest absolute Gasteiger partial charge is 0.399 e. The van der Waals surface area contributed by atoms with Crippen LogP contribution in [0.3, 0.4) is 0 Å². The van der Waals surface area contributed by atoms with E-state index in [0.29, 0.717) is 6.04 Å². The molecule has 0 aromatic heterocycles. The summed E-state index contributed by atoms with van der Waals surface area (Å²) in [6.07, 6.45) is 1.07. The molecular weight excluding hydrogens is 160 g/mol. The normalized spacial score (nSPS) is 10.7. The van der Waals surface area contributed by atoms with Gasteiger partial charge in [-0.15, -0.1) is 0 Å². The number of hydrogen-bond acceptors (Lipinski definition) is 2. The third kappa shape index (κ3) is 3.95. The van der Waals surface area contributed by atoms with Gasteiger partial charge in [0.25, 0.3) is 0 Å². The summed E-state index contributed by atoms with van der Waals surface area (Å²) in [4.78, 5) is 0. The number of nitrogens with two attached hydrogens (primary N) is 1. The van der Waals surface area contributed by atoms with E-state index in [1.165, 1.54) is 5.56 Å². The molecule has 1 aromatic carbocycles. The van der Waals surface area contributed by atoms with Gasteiger partial charge in [0, 0.05) is 11.7 Å². The van der Waals surface area contributed by atoms with Gasteiger partial charge in [-0.3, -0.25) is 0 Å². The highest BCUT2D eigenvalue weighted by Crippen LogP contribution is 2.05. The first kappa shape index (κ1) is 10.1. The summed E-state index contributed by atoms with van der Waals surface area (Å²) < 4.78 is 0. The van der Waals surface area contributed by atoms with Crippen LogP contribution in [0, 0.1) is 0 Å². The van der Waals surface area contributed by atoms with Gasteiger partial charge in [0.2, 0.25) is 0 Å². The van der Waals surface area contributed by atoms with Crippen molar-refractivity contribution in [2.45, 2.75) is 26.3 Å². The first-order chi connectivity index (χ1) is 6.18. The molecule has 2 heteroatoms. The van der Waals surface area contributed by atoms with Gasteiger partial charge in [0.1, 0.15) is 0 Å². The van der Waals surface area contributed by atoms with Gasteiger partial charge < -0.3 is 11.1 Å². The van der Waals surface area contributed by atoms with Crippen molar-refractivity contribution < 1.29 is 0 Å². The average molecular weight is 178 g/mol. The lowest BCUT2D eigenvalue weighted by Gasteiger charge is -2.07.